The first-order valence-electron chi connectivity index (χ1n) is 7.24. The summed E-state index contributed by atoms with van der Waals surface area (Å²) >= 11 is 0. The fourth-order valence-corrected chi connectivity index (χ4v) is 3.17. The minimum Gasteiger partial charge on any atom is -0.369 e. The topological polar surface area (TPSA) is 29.3 Å². The Kier molecular flexibility index (Phi) is 4.46. The van der Waals surface area contributed by atoms with Crippen LogP contribution in [0.2, 0.25) is 0 Å². The van der Waals surface area contributed by atoms with Crippen LogP contribution in [0, 0.1) is 17.7 Å². The lowest BCUT2D eigenvalue weighted by Crippen LogP contribution is -2.39. The summed E-state index contributed by atoms with van der Waals surface area (Å²) in [7, 11) is 0. The van der Waals surface area contributed by atoms with Crippen molar-refractivity contribution in [2.75, 3.05) is 18.0 Å². The second-order valence-electron chi connectivity index (χ2n) is 6.32. The fourth-order valence-electron chi connectivity index (χ4n) is 3.17. The van der Waals surface area contributed by atoms with Crippen molar-refractivity contribution < 1.29 is 4.39 Å². The van der Waals surface area contributed by atoms with E-state index in [-0.39, 0.29) is 11.9 Å². The van der Waals surface area contributed by atoms with Crippen LogP contribution in [0.5, 0.6) is 0 Å². The quantitative estimate of drug-likeness (QED) is 0.908. The van der Waals surface area contributed by atoms with Crippen molar-refractivity contribution in [3.63, 3.8) is 0 Å². The van der Waals surface area contributed by atoms with Gasteiger partial charge >= 0.3 is 0 Å². The molecule has 2 nitrogen and oxygen atoms in total. The minimum atomic E-state index is -0.112. The van der Waals surface area contributed by atoms with Crippen molar-refractivity contribution in [2.45, 2.75) is 39.7 Å². The molecule has 19 heavy (non-hydrogen) atoms. The van der Waals surface area contributed by atoms with Gasteiger partial charge in [-0.15, -0.1) is 0 Å². The molecule has 2 rings (SSSR count). The average Bonchev–Trinajstić information content (AvgIpc) is 2.26. The number of hydrogen-bond acceptors (Lipinski definition) is 2. The Hall–Kier alpha value is -1.09. The Morgan fingerprint density at radius 2 is 1.95 bits per heavy atom. The Balaban J connectivity index is 2.16. The Morgan fingerprint density at radius 3 is 2.47 bits per heavy atom. The SMILES string of the molecule is CC(N)Cc1ccc(N2CC(C)CC(C)C2)c(F)c1. The van der Waals surface area contributed by atoms with Gasteiger partial charge in [-0.05, 0) is 49.3 Å². The normalized spacial score (nSPS) is 25.4. The summed E-state index contributed by atoms with van der Waals surface area (Å²) in [5, 5.41) is 0. The summed E-state index contributed by atoms with van der Waals surface area (Å²) in [5.74, 6) is 1.15. The summed E-state index contributed by atoms with van der Waals surface area (Å²) in [4.78, 5) is 2.18. The van der Waals surface area contributed by atoms with Crippen molar-refractivity contribution in [2.24, 2.45) is 17.6 Å². The molecule has 0 amide bonds. The van der Waals surface area contributed by atoms with Gasteiger partial charge in [0, 0.05) is 19.1 Å². The summed E-state index contributed by atoms with van der Waals surface area (Å²) in [5.41, 5.74) is 7.48. The molecule has 106 valence electrons. The summed E-state index contributed by atoms with van der Waals surface area (Å²) in [6.07, 6.45) is 1.96. The molecule has 3 unspecified atom stereocenters. The first-order valence-corrected chi connectivity index (χ1v) is 7.24. The molecule has 1 aromatic carbocycles. The number of hydrogen-bond donors (Lipinski definition) is 1. The van der Waals surface area contributed by atoms with Crippen LogP contribution in [0.1, 0.15) is 32.8 Å². The van der Waals surface area contributed by atoms with E-state index in [4.69, 9.17) is 5.73 Å². The van der Waals surface area contributed by atoms with Crippen molar-refractivity contribution in [3.8, 4) is 0 Å². The molecule has 0 radical (unpaired) electrons. The van der Waals surface area contributed by atoms with Crippen LogP contribution in [0.3, 0.4) is 0 Å². The smallest absolute Gasteiger partial charge is 0.146 e. The lowest BCUT2D eigenvalue weighted by molar-refractivity contribution is 0.354. The predicted molar refractivity (Wildman–Crippen MR) is 78.9 cm³/mol. The average molecular weight is 264 g/mol. The molecular formula is C16H25FN2. The highest BCUT2D eigenvalue weighted by Gasteiger charge is 2.23. The molecule has 2 N–H and O–H groups in total. The lowest BCUT2D eigenvalue weighted by atomic mass is 9.91. The van der Waals surface area contributed by atoms with Gasteiger partial charge in [-0.1, -0.05) is 19.9 Å². The first kappa shape index (κ1) is 14.3. The predicted octanol–water partition coefficient (Wildman–Crippen LogP) is 3.20. The maximum atomic E-state index is 14.3. The third-order valence-corrected chi connectivity index (χ3v) is 3.78. The third kappa shape index (κ3) is 3.69. The van der Waals surface area contributed by atoms with Gasteiger partial charge in [0.05, 0.1) is 5.69 Å². The van der Waals surface area contributed by atoms with Crippen molar-refractivity contribution >= 4 is 5.69 Å². The largest absolute Gasteiger partial charge is 0.369 e. The minimum absolute atomic E-state index is 0.0697. The van der Waals surface area contributed by atoms with Gasteiger partial charge in [0.1, 0.15) is 5.82 Å². The van der Waals surface area contributed by atoms with Gasteiger partial charge in [-0.2, -0.15) is 0 Å². The molecule has 1 fully saturated rings. The highest BCUT2D eigenvalue weighted by atomic mass is 19.1. The van der Waals surface area contributed by atoms with E-state index in [0.717, 1.165) is 30.8 Å². The molecule has 1 aromatic rings. The van der Waals surface area contributed by atoms with E-state index in [1.807, 2.05) is 19.1 Å². The van der Waals surface area contributed by atoms with Gasteiger partial charge < -0.3 is 10.6 Å². The molecule has 0 aromatic heterocycles. The van der Waals surface area contributed by atoms with Crippen molar-refractivity contribution in [3.05, 3.63) is 29.6 Å². The first-order chi connectivity index (χ1) is 8.95. The van der Waals surface area contributed by atoms with Gasteiger partial charge in [-0.25, -0.2) is 4.39 Å². The van der Waals surface area contributed by atoms with Crippen LogP contribution in [-0.2, 0) is 6.42 Å². The molecule has 3 heteroatoms. The van der Waals surface area contributed by atoms with Crippen LogP contribution < -0.4 is 10.6 Å². The van der Waals surface area contributed by atoms with E-state index in [1.54, 1.807) is 6.07 Å². The zero-order valence-corrected chi connectivity index (χ0v) is 12.2. The third-order valence-electron chi connectivity index (χ3n) is 3.78. The Labute approximate surface area is 115 Å². The molecule has 0 aliphatic carbocycles. The van der Waals surface area contributed by atoms with Crippen LogP contribution in [0.25, 0.3) is 0 Å². The fraction of sp³-hybridized carbons (Fsp3) is 0.625. The second kappa shape index (κ2) is 5.91. The monoisotopic (exact) mass is 264 g/mol. The zero-order chi connectivity index (χ0) is 14.0. The summed E-state index contributed by atoms with van der Waals surface area (Å²) in [6.45, 7) is 8.33. The van der Waals surface area contributed by atoms with Crippen molar-refractivity contribution in [1.82, 2.24) is 0 Å². The highest BCUT2D eigenvalue weighted by Crippen LogP contribution is 2.28. The van der Waals surface area contributed by atoms with Gasteiger partial charge in [-0.3, -0.25) is 0 Å². The standard InChI is InChI=1S/C16H25FN2/c1-11-6-12(2)10-19(9-11)16-5-4-14(7-13(3)18)8-15(16)17/h4-5,8,11-13H,6-7,9-10,18H2,1-3H3. The number of halogens is 1. The highest BCUT2D eigenvalue weighted by molar-refractivity contribution is 5.49. The molecule has 1 heterocycles. The molecule has 1 aliphatic heterocycles. The van der Waals surface area contributed by atoms with E-state index >= 15 is 0 Å². The Morgan fingerprint density at radius 1 is 1.32 bits per heavy atom. The van der Waals surface area contributed by atoms with Gasteiger partial charge in [0.25, 0.3) is 0 Å². The van der Waals surface area contributed by atoms with Crippen LogP contribution >= 0.6 is 0 Å². The molecule has 1 aliphatic rings. The second-order valence-corrected chi connectivity index (χ2v) is 6.32. The van der Waals surface area contributed by atoms with E-state index in [2.05, 4.69) is 18.7 Å². The molecule has 0 spiro atoms. The maximum absolute atomic E-state index is 14.3. The molecule has 1 saturated heterocycles. The summed E-state index contributed by atoms with van der Waals surface area (Å²) in [6, 6.07) is 5.63. The van der Waals surface area contributed by atoms with Crippen LogP contribution in [0.15, 0.2) is 18.2 Å². The molecule has 0 bridgehead atoms. The Bertz CT molecular complexity index is 421. The van der Waals surface area contributed by atoms with Crippen LogP contribution in [-0.4, -0.2) is 19.1 Å². The number of nitrogens with zero attached hydrogens (tertiary/aromatic N) is 1. The zero-order valence-electron chi connectivity index (χ0n) is 12.2. The molecule has 0 saturated carbocycles. The van der Waals surface area contributed by atoms with E-state index in [1.165, 1.54) is 6.42 Å². The number of piperidine rings is 1. The van der Waals surface area contributed by atoms with Gasteiger partial charge in [0.2, 0.25) is 0 Å². The molecular weight excluding hydrogens is 239 g/mol. The van der Waals surface area contributed by atoms with E-state index in [0.29, 0.717) is 11.8 Å². The van der Waals surface area contributed by atoms with Crippen LogP contribution in [0.4, 0.5) is 10.1 Å². The lowest BCUT2D eigenvalue weighted by Gasteiger charge is -2.36. The number of nitrogens with two attached hydrogens (primary N) is 1. The number of anilines is 1. The maximum Gasteiger partial charge on any atom is 0.146 e. The van der Waals surface area contributed by atoms with E-state index in [9.17, 15) is 4.39 Å². The number of benzene rings is 1. The van der Waals surface area contributed by atoms with Gasteiger partial charge in [0.15, 0.2) is 0 Å². The van der Waals surface area contributed by atoms with E-state index < -0.39 is 0 Å². The number of rotatable bonds is 3. The summed E-state index contributed by atoms with van der Waals surface area (Å²) < 4.78 is 14.3. The molecule has 3 atom stereocenters. The van der Waals surface area contributed by atoms with Crippen molar-refractivity contribution in [1.29, 1.82) is 0 Å².